The molecule has 76 valence electrons. The van der Waals surface area contributed by atoms with Crippen LogP contribution in [0.25, 0.3) is 21.9 Å². The second kappa shape index (κ2) is 3.27. The molecular weight excluding hydrogens is 271 g/mol. The van der Waals surface area contributed by atoms with Crippen molar-refractivity contribution in [1.82, 2.24) is 12.9 Å². The Morgan fingerprint density at radius 1 is 1.38 bits per heavy atom. The first kappa shape index (κ1) is 9.28. The number of nitrogens with one attached hydrogen (secondary N) is 1. The summed E-state index contributed by atoms with van der Waals surface area (Å²) in [5.41, 5.74) is 2.02. The fraction of sp³-hybridized carbons (Fsp3) is 0. The van der Waals surface area contributed by atoms with E-state index < -0.39 is 0 Å². The van der Waals surface area contributed by atoms with Gasteiger partial charge < -0.3 is 0 Å². The fourth-order valence-electron chi connectivity index (χ4n) is 1.60. The summed E-state index contributed by atoms with van der Waals surface area (Å²) in [6.07, 6.45) is 1.31. The molecule has 0 bridgehead atoms. The van der Waals surface area contributed by atoms with Crippen LogP contribution in [0.2, 0.25) is 0 Å². The summed E-state index contributed by atoms with van der Waals surface area (Å²) >= 11 is -0.0186. The zero-order valence-electron chi connectivity index (χ0n) is 7.89. The average Bonchev–Trinajstić information content (AvgIpc) is 2.77. The van der Waals surface area contributed by atoms with Crippen LogP contribution < -0.4 is 5.43 Å². The molecule has 0 unspecified atom stereocenters. The van der Waals surface area contributed by atoms with Crippen molar-refractivity contribution >= 4 is 36.9 Å². The maximum absolute atomic E-state index is 11.8. The second-order valence-electron chi connectivity index (χ2n) is 3.26. The molecule has 0 radical (unpaired) electrons. The Bertz CT molecular complexity index is 796. The van der Waals surface area contributed by atoms with E-state index in [-0.39, 0.29) is 26.0 Å². The number of nitriles is 1. The van der Waals surface area contributed by atoms with Gasteiger partial charge >= 0.3 is 95.3 Å². The van der Waals surface area contributed by atoms with Crippen LogP contribution >= 0.6 is 0 Å². The molecule has 1 N–H and O–H groups in total. The number of nitrogens with zero attached hydrogens (tertiary/aromatic N) is 3. The third-order valence-electron chi connectivity index (χ3n) is 2.38. The van der Waals surface area contributed by atoms with E-state index in [1.165, 1.54) is 6.20 Å². The van der Waals surface area contributed by atoms with Crippen LogP contribution in [0.4, 0.5) is 0 Å². The van der Waals surface area contributed by atoms with E-state index in [0.29, 0.717) is 10.9 Å². The van der Waals surface area contributed by atoms with Gasteiger partial charge in [-0.05, 0) is 0 Å². The molecule has 1 aromatic carbocycles. The van der Waals surface area contributed by atoms with E-state index in [2.05, 4.69) is 12.9 Å². The van der Waals surface area contributed by atoms with E-state index in [9.17, 15) is 4.79 Å². The summed E-state index contributed by atoms with van der Waals surface area (Å²) in [7, 11) is 0. The zero-order valence-corrected chi connectivity index (χ0v) is 9.60. The van der Waals surface area contributed by atoms with Crippen molar-refractivity contribution in [1.29, 1.82) is 5.26 Å². The minimum atomic E-state index is -0.273. The van der Waals surface area contributed by atoms with E-state index >= 15 is 0 Å². The van der Waals surface area contributed by atoms with Crippen molar-refractivity contribution in [3.05, 3.63) is 34.1 Å². The van der Waals surface area contributed by atoms with Gasteiger partial charge in [-0.1, -0.05) is 0 Å². The van der Waals surface area contributed by atoms with Gasteiger partial charge in [-0.2, -0.15) is 0 Å². The van der Waals surface area contributed by atoms with E-state index in [1.54, 1.807) is 12.1 Å². The molecule has 3 rings (SSSR count). The topological polar surface area (TPSA) is 82.4 Å². The van der Waals surface area contributed by atoms with Crippen molar-refractivity contribution in [3.63, 3.8) is 0 Å². The number of hydrogen-bond donors (Lipinski definition) is 1. The minimum absolute atomic E-state index is 0.0186. The number of H-pyrrole nitrogens is 1. The second-order valence-corrected chi connectivity index (χ2v) is 4.45. The van der Waals surface area contributed by atoms with E-state index in [4.69, 9.17) is 5.26 Å². The molecular formula is C10H4N4OSe. The van der Waals surface area contributed by atoms with Gasteiger partial charge in [0.1, 0.15) is 0 Å². The van der Waals surface area contributed by atoms with Gasteiger partial charge in [0.15, 0.2) is 0 Å². The Morgan fingerprint density at radius 3 is 3.06 bits per heavy atom. The van der Waals surface area contributed by atoms with Crippen LogP contribution in [0.15, 0.2) is 23.1 Å². The fourth-order valence-corrected chi connectivity index (χ4v) is 2.83. The standard InChI is InChI=1S/C10H4N4OSe/c11-3-5-4-12-8-6(10(5)15)1-2-7-9(8)14-16-13-7/h1-2,4,13H. The van der Waals surface area contributed by atoms with Crippen molar-refractivity contribution in [2.45, 2.75) is 0 Å². The van der Waals surface area contributed by atoms with E-state index in [0.717, 1.165) is 11.0 Å². The molecule has 0 saturated heterocycles. The Balaban J connectivity index is 2.61. The molecule has 3 aromatic rings. The molecule has 0 fully saturated rings. The van der Waals surface area contributed by atoms with Gasteiger partial charge in [-0.3, -0.25) is 0 Å². The van der Waals surface area contributed by atoms with Crippen LogP contribution in [-0.2, 0) is 0 Å². The number of aromatic amines is 1. The predicted molar refractivity (Wildman–Crippen MR) is 59.3 cm³/mol. The van der Waals surface area contributed by atoms with Crippen molar-refractivity contribution < 1.29 is 0 Å². The van der Waals surface area contributed by atoms with Crippen molar-refractivity contribution in [2.75, 3.05) is 0 Å². The Morgan fingerprint density at radius 2 is 2.25 bits per heavy atom. The van der Waals surface area contributed by atoms with Crippen LogP contribution in [-0.4, -0.2) is 27.9 Å². The SMILES string of the molecule is N#Cc1cnc2c(ccc3[nH][se]nc32)c1=O. The summed E-state index contributed by atoms with van der Waals surface area (Å²) in [5, 5.41) is 9.21. The molecule has 0 atom stereocenters. The summed E-state index contributed by atoms with van der Waals surface area (Å²) < 4.78 is 7.42. The van der Waals surface area contributed by atoms with Crippen LogP contribution in [0, 0.1) is 11.3 Å². The Labute approximate surface area is 95.6 Å². The molecule has 0 amide bonds. The molecule has 0 aliphatic rings. The third-order valence-corrected chi connectivity index (χ3v) is 3.60. The molecule has 0 saturated carbocycles. The number of hydrogen-bond acceptors (Lipinski definition) is 4. The molecule has 0 spiro atoms. The summed E-state index contributed by atoms with van der Waals surface area (Å²) in [5.74, 6) is 0. The van der Waals surface area contributed by atoms with Crippen LogP contribution in [0.3, 0.4) is 0 Å². The Kier molecular flexibility index (Phi) is 1.90. The first-order chi connectivity index (χ1) is 7.81. The van der Waals surface area contributed by atoms with Gasteiger partial charge in [0.25, 0.3) is 0 Å². The van der Waals surface area contributed by atoms with Crippen LogP contribution in [0.1, 0.15) is 5.56 Å². The first-order valence-electron chi connectivity index (χ1n) is 4.47. The predicted octanol–water partition coefficient (Wildman–Crippen LogP) is 0.400. The number of pyridine rings is 1. The van der Waals surface area contributed by atoms with Gasteiger partial charge in [-0.15, -0.1) is 0 Å². The summed E-state index contributed by atoms with van der Waals surface area (Å²) in [6, 6.07) is 5.33. The quantitative estimate of drug-likeness (QED) is 0.602. The average molecular weight is 275 g/mol. The molecule has 5 nitrogen and oxygen atoms in total. The number of benzene rings is 1. The number of aromatic nitrogens is 3. The molecule has 0 aliphatic carbocycles. The third kappa shape index (κ3) is 1.13. The van der Waals surface area contributed by atoms with Gasteiger partial charge in [0.05, 0.1) is 0 Å². The first-order valence-corrected chi connectivity index (χ1v) is 6.09. The number of rotatable bonds is 0. The van der Waals surface area contributed by atoms with Crippen molar-refractivity contribution in [3.8, 4) is 6.07 Å². The molecule has 6 heteroatoms. The van der Waals surface area contributed by atoms with Gasteiger partial charge in [-0.25, -0.2) is 0 Å². The monoisotopic (exact) mass is 276 g/mol. The van der Waals surface area contributed by atoms with Gasteiger partial charge in [0, 0.05) is 0 Å². The zero-order chi connectivity index (χ0) is 11.1. The molecule has 0 aliphatic heterocycles. The molecule has 2 aromatic heterocycles. The van der Waals surface area contributed by atoms with Crippen LogP contribution in [0.5, 0.6) is 0 Å². The maximum atomic E-state index is 11.8. The van der Waals surface area contributed by atoms with Gasteiger partial charge in [0.2, 0.25) is 0 Å². The normalized spacial score (nSPS) is 10.7. The number of fused-ring (bicyclic) bond motifs is 3. The van der Waals surface area contributed by atoms with E-state index in [1.807, 2.05) is 6.07 Å². The Hall–Kier alpha value is -1.96. The summed E-state index contributed by atoms with van der Waals surface area (Å²) in [4.78, 5) is 16.0. The summed E-state index contributed by atoms with van der Waals surface area (Å²) in [6.45, 7) is 0. The van der Waals surface area contributed by atoms with Crippen molar-refractivity contribution in [2.24, 2.45) is 0 Å². The molecule has 16 heavy (non-hydrogen) atoms. The molecule has 2 heterocycles.